The van der Waals surface area contributed by atoms with E-state index in [-0.39, 0.29) is 5.69 Å². The van der Waals surface area contributed by atoms with Gasteiger partial charge >= 0.3 is 0 Å². The third kappa shape index (κ3) is 1.52. The molecule has 0 saturated carbocycles. The lowest BCUT2D eigenvalue weighted by Gasteiger charge is -2.14. The van der Waals surface area contributed by atoms with Gasteiger partial charge in [-0.15, -0.1) is 0 Å². The lowest BCUT2D eigenvalue weighted by molar-refractivity contribution is -0.579. The number of nitrogens with zero attached hydrogens (tertiary/aromatic N) is 3. The molecule has 1 N–H and O–H groups in total. The highest BCUT2D eigenvalue weighted by molar-refractivity contribution is 5.09. The van der Waals surface area contributed by atoms with Gasteiger partial charge in [0.15, 0.2) is 0 Å². The van der Waals surface area contributed by atoms with Crippen LogP contribution < -0.4 is 0 Å². The number of hydrogen-bond donors (Lipinski definition) is 1. The lowest BCUT2D eigenvalue weighted by Crippen LogP contribution is -2.36. The zero-order valence-electron chi connectivity index (χ0n) is 7.47. The van der Waals surface area contributed by atoms with Crippen molar-refractivity contribution in [2.45, 2.75) is 12.5 Å². The largest absolute Gasteiger partial charge is 0.388 e. The van der Waals surface area contributed by atoms with E-state index in [2.05, 4.69) is 5.10 Å². The molecular weight excluding hydrogens is 174 g/mol. The van der Waals surface area contributed by atoms with Crippen LogP contribution >= 0.6 is 0 Å². The second-order valence-electron chi connectivity index (χ2n) is 3.06. The van der Waals surface area contributed by atoms with E-state index in [0.29, 0.717) is 0 Å². The first-order valence-electron chi connectivity index (χ1n) is 3.76. The van der Waals surface area contributed by atoms with Crippen molar-refractivity contribution in [2.75, 3.05) is 6.61 Å². The maximum atomic E-state index is 10.7. The Balaban J connectivity index is 3.09. The number of aryl methyl sites for hydroxylation is 1. The summed E-state index contributed by atoms with van der Waals surface area (Å²) in [4.78, 5) is 10.1. The Bertz CT molecular complexity index is 323. The molecule has 1 aromatic rings. The summed E-state index contributed by atoms with van der Waals surface area (Å²) in [6.07, 6.45) is 1.60. The molecule has 6 heteroatoms. The maximum absolute atomic E-state index is 10.7. The predicted molar refractivity (Wildman–Crippen MR) is 44.6 cm³/mol. The van der Waals surface area contributed by atoms with Crippen molar-refractivity contribution in [3.8, 4) is 0 Å². The Morgan fingerprint density at radius 2 is 2.46 bits per heavy atom. The summed E-state index contributed by atoms with van der Waals surface area (Å²) < 4.78 is 1.47. The molecule has 0 aliphatic heterocycles. The van der Waals surface area contributed by atoms with Gasteiger partial charge in [0.05, 0.1) is 0 Å². The molecular formula is C7H11N3O3. The summed E-state index contributed by atoms with van der Waals surface area (Å²) >= 11 is 0. The number of nitro groups is 1. The molecule has 1 heterocycles. The van der Waals surface area contributed by atoms with Crippen LogP contribution in [0.1, 0.15) is 12.6 Å². The van der Waals surface area contributed by atoms with Crippen molar-refractivity contribution >= 4 is 0 Å². The highest BCUT2D eigenvalue weighted by atomic mass is 16.6. The van der Waals surface area contributed by atoms with Gasteiger partial charge in [-0.1, -0.05) is 0 Å². The van der Waals surface area contributed by atoms with Crippen molar-refractivity contribution in [3.05, 3.63) is 28.1 Å². The summed E-state index contributed by atoms with van der Waals surface area (Å²) in [5.41, 5.74) is -1.23. The van der Waals surface area contributed by atoms with Crippen LogP contribution in [0.25, 0.3) is 0 Å². The van der Waals surface area contributed by atoms with Gasteiger partial charge in [0.25, 0.3) is 5.54 Å². The van der Waals surface area contributed by atoms with Gasteiger partial charge in [0.1, 0.15) is 12.3 Å². The molecule has 13 heavy (non-hydrogen) atoms. The molecule has 0 unspecified atom stereocenters. The van der Waals surface area contributed by atoms with Crippen molar-refractivity contribution in [1.82, 2.24) is 9.78 Å². The Morgan fingerprint density at radius 1 is 1.85 bits per heavy atom. The van der Waals surface area contributed by atoms with E-state index in [1.54, 1.807) is 13.2 Å². The molecule has 0 aliphatic carbocycles. The second kappa shape index (κ2) is 3.14. The van der Waals surface area contributed by atoms with Gasteiger partial charge in [0, 0.05) is 25.1 Å². The smallest absolute Gasteiger partial charge is 0.285 e. The Labute approximate surface area is 74.9 Å². The summed E-state index contributed by atoms with van der Waals surface area (Å²) in [5.74, 6) is 0. The first-order chi connectivity index (χ1) is 6.00. The van der Waals surface area contributed by atoms with E-state index in [4.69, 9.17) is 5.11 Å². The highest BCUT2D eigenvalue weighted by Crippen LogP contribution is 2.21. The monoisotopic (exact) mass is 185 g/mol. The van der Waals surface area contributed by atoms with Crippen molar-refractivity contribution in [2.24, 2.45) is 7.05 Å². The molecule has 6 nitrogen and oxygen atoms in total. The first-order valence-corrected chi connectivity index (χ1v) is 3.76. The van der Waals surface area contributed by atoms with Crippen LogP contribution in [0, 0.1) is 10.1 Å². The standard InChI is InChI=1S/C7H11N3O3/c1-7(5-11,10(12)13)6-3-4-9(2)8-6/h3-4,11H,5H2,1-2H3/t7-/m1/s1. The number of aromatic nitrogens is 2. The average Bonchev–Trinajstić information content (AvgIpc) is 2.50. The molecule has 0 fully saturated rings. The van der Waals surface area contributed by atoms with Crippen LogP contribution in [0.2, 0.25) is 0 Å². The summed E-state index contributed by atoms with van der Waals surface area (Å²) in [7, 11) is 1.67. The van der Waals surface area contributed by atoms with Crippen molar-refractivity contribution in [3.63, 3.8) is 0 Å². The van der Waals surface area contributed by atoms with Crippen LogP contribution in [-0.4, -0.2) is 26.4 Å². The fourth-order valence-corrected chi connectivity index (χ4v) is 0.935. The van der Waals surface area contributed by atoms with E-state index < -0.39 is 17.1 Å². The van der Waals surface area contributed by atoms with Crippen LogP contribution in [0.5, 0.6) is 0 Å². The number of aliphatic hydroxyl groups excluding tert-OH is 1. The normalized spacial score (nSPS) is 15.3. The molecule has 72 valence electrons. The fraction of sp³-hybridized carbons (Fsp3) is 0.571. The summed E-state index contributed by atoms with van der Waals surface area (Å²) in [6.45, 7) is 0.784. The van der Waals surface area contributed by atoms with Crippen molar-refractivity contribution in [1.29, 1.82) is 0 Å². The minimum atomic E-state index is -1.50. The number of hydrogen-bond acceptors (Lipinski definition) is 4. The molecule has 0 aliphatic rings. The van der Waals surface area contributed by atoms with E-state index in [1.165, 1.54) is 17.7 Å². The molecule has 1 atom stereocenters. The number of aliphatic hydroxyl groups is 1. The summed E-state index contributed by atoms with van der Waals surface area (Å²) in [6, 6.07) is 1.53. The topological polar surface area (TPSA) is 81.2 Å². The Kier molecular flexibility index (Phi) is 2.33. The lowest BCUT2D eigenvalue weighted by atomic mass is 10.0. The molecule has 0 bridgehead atoms. The molecule has 0 radical (unpaired) electrons. The van der Waals surface area contributed by atoms with Gasteiger partial charge in [-0.25, -0.2) is 0 Å². The van der Waals surface area contributed by atoms with Crippen LogP contribution in [0.3, 0.4) is 0 Å². The number of rotatable bonds is 3. The minimum absolute atomic E-state index is 0.266. The Morgan fingerprint density at radius 3 is 2.77 bits per heavy atom. The third-order valence-corrected chi connectivity index (χ3v) is 1.98. The van der Waals surface area contributed by atoms with Gasteiger partial charge in [-0.2, -0.15) is 5.10 Å². The van der Waals surface area contributed by atoms with Gasteiger partial charge in [0.2, 0.25) is 0 Å². The first kappa shape index (κ1) is 9.66. The van der Waals surface area contributed by atoms with Crippen LogP contribution in [-0.2, 0) is 12.6 Å². The van der Waals surface area contributed by atoms with E-state index in [9.17, 15) is 10.1 Å². The fourth-order valence-electron chi connectivity index (χ4n) is 0.935. The van der Waals surface area contributed by atoms with Crippen LogP contribution in [0.4, 0.5) is 0 Å². The second-order valence-corrected chi connectivity index (χ2v) is 3.06. The highest BCUT2D eigenvalue weighted by Gasteiger charge is 2.41. The Hall–Kier alpha value is -1.43. The molecule has 0 spiro atoms. The van der Waals surface area contributed by atoms with Crippen molar-refractivity contribution < 1.29 is 10.0 Å². The summed E-state index contributed by atoms with van der Waals surface area (Å²) in [5, 5.41) is 23.5. The van der Waals surface area contributed by atoms with Gasteiger partial charge < -0.3 is 5.11 Å². The quantitative estimate of drug-likeness (QED) is 0.526. The third-order valence-electron chi connectivity index (χ3n) is 1.98. The van der Waals surface area contributed by atoms with Crippen LogP contribution in [0.15, 0.2) is 12.3 Å². The van der Waals surface area contributed by atoms with E-state index in [1.807, 2.05) is 0 Å². The van der Waals surface area contributed by atoms with E-state index in [0.717, 1.165) is 0 Å². The van der Waals surface area contributed by atoms with Gasteiger partial charge in [-0.3, -0.25) is 14.8 Å². The SMILES string of the molecule is Cn1ccc([C@@](C)(CO)[N+](=O)[O-])n1. The predicted octanol–water partition coefficient (Wildman–Crippen LogP) is -0.0957. The molecule has 1 aromatic heterocycles. The average molecular weight is 185 g/mol. The molecule has 0 saturated heterocycles. The molecule has 0 amide bonds. The molecule has 0 aromatic carbocycles. The zero-order chi connectivity index (χ0) is 10.1. The van der Waals surface area contributed by atoms with Gasteiger partial charge in [-0.05, 0) is 6.07 Å². The zero-order valence-corrected chi connectivity index (χ0v) is 7.47. The van der Waals surface area contributed by atoms with E-state index >= 15 is 0 Å². The molecule has 1 rings (SSSR count). The maximum Gasteiger partial charge on any atom is 0.285 e. The minimum Gasteiger partial charge on any atom is -0.388 e.